The summed E-state index contributed by atoms with van der Waals surface area (Å²) >= 11 is 0. The molecule has 0 bridgehead atoms. The Hall–Kier alpha value is -2.17. The van der Waals surface area contributed by atoms with Crippen molar-refractivity contribution in [2.75, 3.05) is 18.9 Å². The molecule has 0 unspecified atom stereocenters. The molecule has 0 aliphatic carbocycles. The van der Waals surface area contributed by atoms with Crippen molar-refractivity contribution >= 4 is 5.69 Å². The van der Waals surface area contributed by atoms with Gasteiger partial charge < -0.3 is 15.2 Å². The summed E-state index contributed by atoms with van der Waals surface area (Å²) in [7, 11) is 0. The molecule has 0 radical (unpaired) electrons. The third-order valence-electron chi connectivity index (χ3n) is 3.54. The van der Waals surface area contributed by atoms with Gasteiger partial charge in [-0.15, -0.1) is 0 Å². The molecule has 5 heteroatoms. The largest absolute Gasteiger partial charge is 0.486 e. The zero-order chi connectivity index (χ0) is 14.8. The van der Waals surface area contributed by atoms with Crippen LogP contribution in [0.25, 0.3) is 11.3 Å². The Morgan fingerprint density at radius 1 is 1.24 bits per heavy atom. The summed E-state index contributed by atoms with van der Waals surface area (Å²) in [4.78, 5) is 0. The van der Waals surface area contributed by atoms with E-state index in [0.29, 0.717) is 24.8 Å². The molecule has 112 valence electrons. The quantitative estimate of drug-likeness (QED) is 0.939. The van der Waals surface area contributed by atoms with Crippen LogP contribution in [0.3, 0.4) is 0 Å². The Balaban J connectivity index is 1.86. The maximum Gasteiger partial charge on any atom is 0.162 e. The molecule has 2 aromatic rings. The van der Waals surface area contributed by atoms with Crippen LogP contribution in [0.1, 0.15) is 20.3 Å². The van der Waals surface area contributed by atoms with E-state index in [4.69, 9.17) is 15.2 Å². The van der Waals surface area contributed by atoms with E-state index in [-0.39, 0.29) is 0 Å². The Labute approximate surface area is 124 Å². The van der Waals surface area contributed by atoms with E-state index in [9.17, 15) is 0 Å². The minimum Gasteiger partial charge on any atom is -0.486 e. The summed E-state index contributed by atoms with van der Waals surface area (Å²) in [5.74, 6) is 2.19. The number of nitrogens with two attached hydrogens (primary N) is 1. The van der Waals surface area contributed by atoms with E-state index < -0.39 is 0 Å². The van der Waals surface area contributed by atoms with Gasteiger partial charge in [-0.1, -0.05) is 13.8 Å². The van der Waals surface area contributed by atoms with Crippen molar-refractivity contribution in [2.24, 2.45) is 5.92 Å². The number of benzene rings is 1. The van der Waals surface area contributed by atoms with Crippen molar-refractivity contribution in [1.82, 2.24) is 9.78 Å². The highest BCUT2D eigenvalue weighted by Gasteiger charge is 2.15. The van der Waals surface area contributed by atoms with E-state index in [0.717, 1.165) is 35.7 Å². The van der Waals surface area contributed by atoms with Crippen molar-refractivity contribution in [3.8, 4) is 22.8 Å². The van der Waals surface area contributed by atoms with Gasteiger partial charge in [0.15, 0.2) is 11.5 Å². The molecule has 5 nitrogen and oxygen atoms in total. The first kappa shape index (κ1) is 13.8. The molecule has 21 heavy (non-hydrogen) atoms. The number of aromatic nitrogens is 2. The minimum absolute atomic E-state index is 0.578. The van der Waals surface area contributed by atoms with E-state index in [1.54, 1.807) is 0 Å². The average molecular weight is 287 g/mol. The lowest BCUT2D eigenvalue weighted by molar-refractivity contribution is 0.171. The number of nitrogen functional groups attached to an aromatic ring is 1. The van der Waals surface area contributed by atoms with Gasteiger partial charge in [-0.3, -0.25) is 4.68 Å². The monoisotopic (exact) mass is 287 g/mol. The lowest BCUT2D eigenvalue weighted by Crippen LogP contribution is -2.15. The van der Waals surface area contributed by atoms with Crippen molar-refractivity contribution in [2.45, 2.75) is 26.8 Å². The second-order valence-electron chi connectivity index (χ2n) is 5.74. The van der Waals surface area contributed by atoms with Crippen LogP contribution in [-0.2, 0) is 6.54 Å². The van der Waals surface area contributed by atoms with Crippen molar-refractivity contribution in [3.05, 3.63) is 24.4 Å². The average Bonchev–Trinajstić information content (AvgIpc) is 2.86. The highest BCUT2D eigenvalue weighted by molar-refractivity contribution is 5.74. The van der Waals surface area contributed by atoms with Crippen LogP contribution in [0.4, 0.5) is 5.69 Å². The van der Waals surface area contributed by atoms with E-state index in [1.807, 2.05) is 29.1 Å². The molecule has 0 saturated heterocycles. The molecule has 1 aromatic carbocycles. The van der Waals surface area contributed by atoms with Gasteiger partial charge in [0.25, 0.3) is 0 Å². The van der Waals surface area contributed by atoms with Gasteiger partial charge in [-0.25, -0.2) is 0 Å². The molecule has 0 saturated carbocycles. The highest BCUT2D eigenvalue weighted by Crippen LogP contribution is 2.35. The van der Waals surface area contributed by atoms with Crippen LogP contribution in [0.2, 0.25) is 0 Å². The van der Waals surface area contributed by atoms with Gasteiger partial charge in [0, 0.05) is 18.3 Å². The van der Waals surface area contributed by atoms with Crippen LogP contribution >= 0.6 is 0 Å². The number of aryl methyl sites for hydroxylation is 1. The maximum atomic E-state index is 6.10. The molecule has 1 aliphatic heterocycles. The third kappa shape index (κ3) is 2.96. The first-order chi connectivity index (χ1) is 10.1. The lowest BCUT2D eigenvalue weighted by atomic mass is 10.1. The maximum absolute atomic E-state index is 6.10. The Bertz CT molecular complexity index is 634. The molecule has 3 rings (SSSR count). The van der Waals surface area contributed by atoms with Gasteiger partial charge >= 0.3 is 0 Å². The molecule has 0 fully saturated rings. The van der Waals surface area contributed by atoms with Crippen LogP contribution in [0.15, 0.2) is 24.4 Å². The van der Waals surface area contributed by atoms with Crippen LogP contribution in [-0.4, -0.2) is 23.0 Å². The first-order valence-corrected chi connectivity index (χ1v) is 7.36. The van der Waals surface area contributed by atoms with E-state index in [1.165, 1.54) is 0 Å². The van der Waals surface area contributed by atoms with Gasteiger partial charge in [0.1, 0.15) is 18.9 Å². The predicted octanol–water partition coefficient (Wildman–Crippen LogP) is 2.95. The minimum atomic E-state index is 0.578. The Kier molecular flexibility index (Phi) is 3.73. The predicted molar refractivity (Wildman–Crippen MR) is 82.5 cm³/mol. The summed E-state index contributed by atoms with van der Waals surface area (Å²) in [5, 5.41) is 4.60. The van der Waals surface area contributed by atoms with Crippen molar-refractivity contribution < 1.29 is 9.47 Å². The molecular formula is C16H21N3O2. The standard InChI is InChI=1S/C16H21N3O2/c1-11(2)5-6-19-10-13(17)16(18-19)12-3-4-14-15(9-12)21-8-7-20-14/h3-4,9-11H,5-8,17H2,1-2H3. The number of ether oxygens (including phenoxy) is 2. The molecule has 0 amide bonds. The number of hydrogen-bond acceptors (Lipinski definition) is 4. The number of rotatable bonds is 4. The van der Waals surface area contributed by atoms with Crippen LogP contribution in [0, 0.1) is 5.92 Å². The molecule has 0 spiro atoms. The fourth-order valence-electron chi connectivity index (χ4n) is 2.36. The van der Waals surface area contributed by atoms with Crippen molar-refractivity contribution in [3.63, 3.8) is 0 Å². The first-order valence-electron chi connectivity index (χ1n) is 7.36. The Morgan fingerprint density at radius 3 is 2.76 bits per heavy atom. The van der Waals surface area contributed by atoms with E-state index >= 15 is 0 Å². The van der Waals surface area contributed by atoms with Gasteiger partial charge in [-0.2, -0.15) is 5.10 Å². The topological polar surface area (TPSA) is 62.3 Å². The van der Waals surface area contributed by atoms with Gasteiger partial charge in [0.05, 0.1) is 5.69 Å². The highest BCUT2D eigenvalue weighted by atomic mass is 16.6. The summed E-state index contributed by atoms with van der Waals surface area (Å²) in [6, 6.07) is 5.83. The SMILES string of the molecule is CC(C)CCn1cc(N)c(-c2ccc3c(c2)OCCO3)n1. The molecule has 1 aromatic heterocycles. The fraction of sp³-hybridized carbons (Fsp3) is 0.438. The van der Waals surface area contributed by atoms with Gasteiger partial charge in [0.2, 0.25) is 0 Å². The summed E-state index contributed by atoms with van der Waals surface area (Å²) in [6.07, 6.45) is 2.98. The fourth-order valence-corrected chi connectivity index (χ4v) is 2.36. The van der Waals surface area contributed by atoms with Crippen LogP contribution in [0.5, 0.6) is 11.5 Å². The molecule has 2 N–H and O–H groups in total. The molecule has 0 atom stereocenters. The molecule has 1 aliphatic rings. The van der Waals surface area contributed by atoms with E-state index in [2.05, 4.69) is 18.9 Å². The summed E-state index contributed by atoms with van der Waals surface area (Å²) in [5.41, 5.74) is 8.55. The van der Waals surface area contributed by atoms with Gasteiger partial charge in [-0.05, 0) is 30.5 Å². The van der Waals surface area contributed by atoms with Crippen molar-refractivity contribution in [1.29, 1.82) is 0 Å². The molecular weight excluding hydrogens is 266 g/mol. The normalized spacial score (nSPS) is 13.7. The third-order valence-corrected chi connectivity index (χ3v) is 3.54. The number of fused-ring (bicyclic) bond motifs is 1. The lowest BCUT2D eigenvalue weighted by Gasteiger charge is -2.18. The summed E-state index contributed by atoms with van der Waals surface area (Å²) < 4.78 is 13.1. The zero-order valence-electron chi connectivity index (χ0n) is 12.5. The number of nitrogens with zero attached hydrogens (tertiary/aromatic N) is 2. The smallest absolute Gasteiger partial charge is 0.162 e. The zero-order valence-corrected chi connectivity index (χ0v) is 12.5. The second kappa shape index (κ2) is 5.68. The molecule has 2 heterocycles. The Morgan fingerprint density at radius 2 is 2.00 bits per heavy atom. The number of anilines is 1. The second-order valence-corrected chi connectivity index (χ2v) is 5.74. The number of hydrogen-bond donors (Lipinski definition) is 1. The van der Waals surface area contributed by atoms with Crippen LogP contribution < -0.4 is 15.2 Å². The summed E-state index contributed by atoms with van der Waals surface area (Å²) in [6.45, 7) is 6.46.